The highest BCUT2D eigenvalue weighted by molar-refractivity contribution is 5.77. The van der Waals surface area contributed by atoms with Gasteiger partial charge in [-0.1, -0.05) is 0 Å². The number of hydrogen-bond acceptors (Lipinski definition) is 3. The summed E-state index contributed by atoms with van der Waals surface area (Å²) in [6.45, 7) is 1.81. The summed E-state index contributed by atoms with van der Waals surface area (Å²) < 4.78 is 13.4. The Balaban J connectivity index is 2.20. The van der Waals surface area contributed by atoms with Crippen LogP contribution >= 0.6 is 0 Å². The highest BCUT2D eigenvalue weighted by Crippen LogP contribution is 2.23. The van der Waals surface area contributed by atoms with Crippen molar-refractivity contribution in [3.05, 3.63) is 29.6 Å². The van der Waals surface area contributed by atoms with Crippen molar-refractivity contribution >= 4 is 12.0 Å². The van der Waals surface area contributed by atoms with E-state index in [4.69, 9.17) is 0 Å². The third kappa shape index (κ3) is 2.88. The summed E-state index contributed by atoms with van der Waals surface area (Å²) in [5.74, 6) is -0.346. The van der Waals surface area contributed by atoms with Crippen LogP contribution in [0.5, 0.6) is 0 Å². The second kappa shape index (κ2) is 5.48. The molecule has 18 heavy (non-hydrogen) atoms. The molecule has 1 aromatic carbocycles. The summed E-state index contributed by atoms with van der Waals surface area (Å²) in [5, 5.41) is 0. The molecule has 1 fully saturated rings. The molecular weight excluding hydrogens is 231 g/mol. The Morgan fingerprint density at radius 3 is 2.83 bits per heavy atom. The van der Waals surface area contributed by atoms with Gasteiger partial charge in [0.15, 0.2) is 0 Å². The lowest BCUT2D eigenvalue weighted by molar-refractivity contribution is 0.112. The monoisotopic (exact) mass is 250 g/mol. The van der Waals surface area contributed by atoms with Crippen LogP contribution in [0, 0.1) is 5.82 Å². The van der Waals surface area contributed by atoms with Gasteiger partial charge in [0.05, 0.1) is 0 Å². The van der Waals surface area contributed by atoms with Crippen molar-refractivity contribution in [2.24, 2.45) is 0 Å². The first-order valence-electron chi connectivity index (χ1n) is 6.27. The number of benzene rings is 1. The van der Waals surface area contributed by atoms with E-state index in [1.165, 1.54) is 18.6 Å². The topological polar surface area (TPSA) is 23.6 Å². The van der Waals surface area contributed by atoms with Gasteiger partial charge in [-0.15, -0.1) is 0 Å². The zero-order valence-electron chi connectivity index (χ0n) is 10.9. The first kappa shape index (κ1) is 13.0. The summed E-state index contributed by atoms with van der Waals surface area (Å²) in [6, 6.07) is 5.02. The minimum atomic E-state index is -0.346. The second-order valence-corrected chi connectivity index (χ2v) is 5.07. The molecule has 1 heterocycles. The molecule has 98 valence electrons. The van der Waals surface area contributed by atoms with Crippen LogP contribution in [-0.4, -0.2) is 44.4 Å². The van der Waals surface area contributed by atoms with E-state index in [0.717, 1.165) is 25.2 Å². The smallest absolute Gasteiger partial charge is 0.150 e. The van der Waals surface area contributed by atoms with Crippen molar-refractivity contribution in [3.63, 3.8) is 0 Å². The molecule has 1 saturated heterocycles. The molecule has 0 N–H and O–H groups in total. The van der Waals surface area contributed by atoms with Crippen molar-refractivity contribution in [2.75, 3.05) is 32.1 Å². The standard InChI is InChI=1S/C14H19FN2O/c1-16(2)13-4-3-5-17(9-13)14-7-11(10-18)6-12(15)8-14/h6-8,10,13H,3-5,9H2,1-2H3. The third-order valence-corrected chi connectivity index (χ3v) is 3.53. The largest absolute Gasteiger partial charge is 0.370 e. The average Bonchev–Trinajstić information content (AvgIpc) is 2.38. The van der Waals surface area contributed by atoms with Gasteiger partial charge < -0.3 is 9.80 Å². The lowest BCUT2D eigenvalue weighted by Gasteiger charge is -2.37. The lowest BCUT2D eigenvalue weighted by atomic mass is 10.0. The Bertz CT molecular complexity index is 434. The molecule has 0 aliphatic carbocycles. The molecule has 1 aromatic rings. The van der Waals surface area contributed by atoms with E-state index in [-0.39, 0.29) is 5.82 Å². The van der Waals surface area contributed by atoms with Gasteiger partial charge in [0.1, 0.15) is 12.1 Å². The number of piperidine rings is 1. The molecule has 0 amide bonds. The van der Waals surface area contributed by atoms with Crippen molar-refractivity contribution < 1.29 is 9.18 Å². The molecule has 0 bridgehead atoms. The maximum absolute atomic E-state index is 13.4. The number of aldehydes is 1. The number of hydrogen-bond donors (Lipinski definition) is 0. The Morgan fingerprint density at radius 2 is 2.17 bits per heavy atom. The Morgan fingerprint density at radius 1 is 1.39 bits per heavy atom. The molecular formula is C14H19FN2O. The third-order valence-electron chi connectivity index (χ3n) is 3.53. The van der Waals surface area contributed by atoms with Gasteiger partial charge in [0, 0.05) is 30.4 Å². The molecule has 1 unspecified atom stereocenters. The number of nitrogens with zero attached hydrogens (tertiary/aromatic N) is 2. The van der Waals surface area contributed by atoms with E-state index in [0.29, 0.717) is 17.9 Å². The van der Waals surface area contributed by atoms with Crippen molar-refractivity contribution in [1.29, 1.82) is 0 Å². The van der Waals surface area contributed by atoms with Gasteiger partial charge in [-0.25, -0.2) is 4.39 Å². The van der Waals surface area contributed by atoms with E-state index >= 15 is 0 Å². The SMILES string of the molecule is CN(C)C1CCCN(c2cc(F)cc(C=O)c2)C1. The minimum absolute atomic E-state index is 0.346. The zero-order valence-corrected chi connectivity index (χ0v) is 10.9. The molecule has 2 rings (SSSR count). The van der Waals surface area contributed by atoms with Gasteiger partial charge >= 0.3 is 0 Å². The Kier molecular flexibility index (Phi) is 3.97. The predicted molar refractivity (Wildman–Crippen MR) is 70.7 cm³/mol. The van der Waals surface area contributed by atoms with Gasteiger partial charge in [-0.3, -0.25) is 4.79 Å². The van der Waals surface area contributed by atoms with E-state index in [9.17, 15) is 9.18 Å². The molecule has 1 aliphatic heterocycles. The maximum Gasteiger partial charge on any atom is 0.150 e. The van der Waals surface area contributed by atoms with Crippen LogP contribution in [-0.2, 0) is 0 Å². The van der Waals surface area contributed by atoms with Crippen LogP contribution < -0.4 is 4.90 Å². The molecule has 1 aliphatic rings. The van der Waals surface area contributed by atoms with Crippen LogP contribution in [0.4, 0.5) is 10.1 Å². The van der Waals surface area contributed by atoms with E-state index in [1.807, 2.05) is 0 Å². The fourth-order valence-electron chi connectivity index (χ4n) is 2.46. The summed E-state index contributed by atoms with van der Waals surface area (Å²) in [7, 11) is 4.13. The Labute approximate surface area is 107 Å². The fourth-order valence-corrected chi connectivity index (χ4v) is 2.46. The molecule has 0 radical (unpaired) electrons. The van der Waals surface area contributed by atoms with Gasteiger partial charge in [0.2, 0.25) is 0 Å². The number of rotatable bonds is 3. The summed E-state index contributed by atoms with van der Waals surface area (Å²) in [6.07, 6.45) is 2.95. The van der Waals surface area contributed by atoms with Gasteiger partial charge in [0.25, 0.3) is 0 Å². The lowest BCUT2D eigenvalue weighted by Crippen LogP contribution is -2.45. The first-order valence-corrected chi connectivity index (χ1v) is 6.27. The van der Waals surface area contributed by atoms with Gasteiger partial charge in [-0.05, 0) is 45.1 Å². The number of anilines is 1. The Hall–Kier alpha value is -1.42. The summed E-state index contributed by atoms with van der Waals surface area (Å²) >= 11 is 0. The van der Waals surface area contributed by atoms with E-state index < -0.39 is 0 Å². The molecule has 3 nitrogen and oxygen atoms in total. The fraction of sp³-hybridized carbons (Fsp3) is 0.500. The quantitative estimate of drug-likeness (QED) is 0.768. The zero-order chi connectivity index (χ0) is 13.1. The number of carbonyl (C=O) groups excluding carboxylic acids is 1. The van der Waals surface area contributed by atoms with Crippen LogP contribution in [0.25, 0.3) is 0 Å². The van der Waals surface area contributed by atoms with Crippen LogP contribution in [0.2, 0.25) is 0 Å². The van der Waals surface area contributed by atoms with Crippen LogP contribution in [0.1, 0.15) is 23.2 Å². The van der Waals surface area contributed by atoms with E-state index in [1.54, 1.807) is 6.07 Å². The highest BCUT2D eigenvalue weighted by atomic mass is 19.1. The summed E-state index contributed by atoms with van der Waals surface area (Å²) in [4.78, 5) is 15.1. The minimum Gasteiger partial charge on any atom is -0.370 e. The second-order valence-electron chi connectivity index (χ2n) is 5.07. The number of carbonyl (C=O) groups is 1. The highest BCUT2D eigenvalue weighted by Gasteiger charge is 2.22. The normalized spacial score (nSPS) is 20.2. The molecule has 4 heteroatoms. The first-order chi connectivity index (χ1) is 8.60. The molecule has 1 atom stereocenters. The number of halogens is 1. The van der Waals surface area contributed by atoms with Crippen LogP contribution in [0.15, 0.2) is 18.2 Å². The van der Waals surface area contributed by atoms with Crippen molar-refractivity contribution in [2.45, 2.75) is 18.9 Å². The van der Waals surface area contributed by atoms with Gasteiger partial charge in [-0.2, -0.15) is 0 Å². The molecule has 0 saturated carbocycles. The average molecular weight is 250 g/mol. The van der Waals surface area contributed by atoms with Crippen molar-refractivity contribution in [3.8, 4) is 0 Å². The maximum atomic E-state index is 13.4. The number of likely N-dealkylation sites (N-methyl/N-ethyl adjacent to an activating group) is 1. The molecule has 0 aromatic heterocycles. The summed E-state index contributed by atoms with van der Waals surface area (Å²) in [5.41, 5.74) is 1.21. The predicted octanol–water partition coefficient (Wildman–Crippen LogP) is 2.17. The van der Waals surface area contributed by atoms with Crippen molar-refractivity contribution in [1.82, 2.24) is 4.90 Å². The molecule has 0 spiro atoms. The van der Waals surface area contributed by atoms with E-state index in [2.05, 4.69) is 23.9 Å². The van der Waals surface area contributed by atoms with Crippen LogP contribution in [0.3, 0.4) is 0 Å².